The summed E-state index contributed by atoms with van der Waals surface area (Å²) < 4.78 is 10.8. The second-order valence-electron chi connectivity index (χ2n) is 3.85. The second kappa shape index (κ2) is 2.86. The first-order valence-electron chi connectivity index (χ1n) is 4.96. The highest BCUT2D eigenvalue weighted by Gasteiger charge is 2.22. The van der Waals surface area contributed by atoms with Crippen LogP contribution in [0.2, 0.25) is 0 Å². The van der Waals surface area contributed by atoms with Crippen molar-refractivity contribution in [2.75, 3.05) is 0 Å². The van der Waals surface area contributed by atoms with E-state index in [-0.39, 0.29) is 11.7 Å². The first kappa shape index (κ1) is 8.53. The van der Waals surface area contributed by atoms with Crippen LogP contribution in [0, 0.1) is 0 Å². The quantitative estimate of drug-likeness (QED) is 0.614. The van der Waals surface area contributed by atoms with Gasteiger partial charge in [-0.25, -0.2) is 4.79 Å². The molecule has 15 heavy (non-hydrogen) atoms. The van der Waals surface area contributed by atoms with Gasteiger partial charge in [-0.15, -0.1) is 0 Å². The van der Waals surface area contributed by atoms with Gasteiger partial charge in [-0.1, -0.05) is 0 Å². The SMILES string of the molecule is CC1Cc2c(ccc3ccc(=O)oc23)O1. The monoisotopic (exact) mass is 202 g/mol. The fourth-order valence-corrected chi connectivity index (χ4v) is 2.02. The predicted molar refractivity (Wildman–Crippen MR) is 56.3 cm³/mol. The lowest BCUT2D eigenvalue weighted by Crippen LogP contribution is -2.05. The normalized spacial score (nSPS) is 18.9. The predicted octanol–water partition coefficient (Wildman–Crippen LogP) is 2.12. The van der Waals surface area contributed by atoms with Gasteiger partial charge in [-0.05, 0) is 25.1 Å². The third kappa shape index (κ3) is 1.23. The highest BCUT2D eigenvalue weighted by molar-refractivity contribution is 5.82. The third-order valence-electron chi connectivity index (χ3n) is 2.67. The van der Waals surface area contributed by atoms with E-state index in [1.165, 1.54) is 6.07 Å². The topological polar surface area (TPSA) is 39.4 Å². The molecule has 2 heterocycles. The molecule has 0 saturated heterocycles. The number of benzene rings is 1. The summed E-state index contributed by atoms with van der Waals surface area (Å²) in [5, 5.41) is 0.950. The molecule has 2 aromatic rings. The highest BCUT2D eigenvalue weighted by Crippen LogP contribution is 2.34. The molecule has 1 aromatic carbocycles. The number of fused-ring (bicyclic) bond motifs is 3. The van der Waals surface area contributed by atoms with Gasteiger partial charge in [-0.2, -0.15) is 0 Å². The van der Waals surface area contributed by atoms with Crippen LogP contribution in [0.15, 0.2) is 33.5 Å². The molecule has 0 fully saturated rings. The van der Waals surface area contributed by atoms with Crippen molar-refractivity contribution in [3.8, 4) is 5.75 Å². The summed E-state index contributed by atoms with van der Waals surface area (Å²) in [5.74, 6) is 0.837. The van der Waals surface area contributed by atoms with E-state index in [9.17, 15) is 4.79 Å². The van der Waals surface area contributed by atoms with Crippen LogP contribution in [-0.4, -0.2) is 6.10 Å². The fourth-order valence-electron chi connectivity index (χ4n) is 2.02. The Morgan fingerprint density at radius 1 is 1.27 bits per heavy atom. The Morgan fingerprint density at radius 3 is 2.93 bits per heavy atom. The molecule has 1 unspecified atom stereocenters. The molecule has 3 nitrogen and oxygen atoms in total. The zero-order valence-corrected chi connectivity index (χ0v) is 8.32. The van der Waals surface area contributed by atoms with E-state index < -0.39 is 0 Å². The van der Waals surface area contributed by atoms with Gasteiger partial charge in [0, 0.05) is 23.4 Å². The van der Waals surface area contributed by atoms with Gasteiger partial charge in [0.15, 0.2) is 0 Å². The van der Waals surface area contributed by atoms with Crippen molar-refractivity contribution in [3.63, 3.8) is 0 Å². The first-order chi connectivity index (χ1) is 7.24. The number of hydrogen-bond donors (Lipinski definition) is 0. The van der Waals surface area contributed by atoms with Crippen LogP contribution in [0.5, 0.6) is 5.75 Å². The molecule has 0 amide bonds. The Kier molecular flexibility index (Phi) is 1.63. The Hall–Kier alpha value is -1.77. The van der Waals surface area contributed by atoms with Crippen molar-refractivity contribution in [3.05, 3.63) is 40.2 Å². The molecular formula is C12H10O3. The van der Waals surface area contributed by atoms with Crippen LogP contribution in [0.3, 0.4) is 0 Å². The maximum Gasteiger partial charge on any atom is 0.336 e. The van der Waals surface area contributed by atoms with Crippen LogP contribution < -0.4 is 10.4 Å². The summed E-state index contributed by atoms with van der Waals surface area (Å²) in [6.07, 6.45) is 0.968. The zero-order chi connectivity index (χ0) is 10.4. The van der Waals surface area contributed by atoms with E-state index in [1.807, 2.05) is 19.1 Å². The lowest BCUT2D eigenvalue weighted by atomic mass is 10.1. The van der Waals surface area contributed by atoms with Gasteiger partial charge in [-0.3, -0.25) is 0 Å². The fraction of sp³-hybridized carbons (Fsp3) is 0.250. The third-order valence-corrected chi connectivity index (χ3v) is 2.67. The summed E-state index contributed by atoms with van der Waals surface area (Å²) in [6, 6.07) is 7.06. The minimum absolute atomic E-state index is 0.163. The zero-order valence-electron chi connectivity index (χ0n) is 8.32. The summed E-state index contributed by atoms with van der Waals surface area (Å²) in [5.41, 5.74) is 1.37. The Morgan fingerprint density at radius 2 is 2.07 bits per heavy atom. The summed E-state index contributed by atoms with van der Waals surface area (Å²) in [6.45, 7) is 2.01. The summed E-state index contributed by atoms with van der Waals surface area (Å²) in [7, 11) is 0. The largest absolute Gasteiger partial charge is 0.490 e. The minimum atomic E-state index is -0.310. The van der Waals surface area contributed by atoms with Crippen LogP contribution in [0.4, 0.5) is 0 Å². The molecule has 0 spiro atoms. The molecule has 1 aliphatic heterocycles. The maximum atomic E-state index is 11.2. The van der Waals surface area contributed by atoms with Crippen LogP contribution in [0.25, 0.3) is 11.0 Å². The smallest absolute Gasteiger partial charge is 0.336 e. The maximum absolute atomic E-state index is 11.2. The van der Waals surface area contributed by atoms with Gasteiger partial charge >= 0.3 is 5.63 Å². The van der Waals surface area contributed by atoms with Crippen LogP contribution >= 0.6 is 0 Å². The molecule has 0 bridgehead atoms. The van der Waals surface area contributed by atoms with Crippen LogP contribution in [0.1, 0.15) is 12.5 Å². The average Bonchev–Trinajstić information content (AvgIpc) is 2.58. The molecule has 0 N–H and O–H groups in total. The van der Waals surface area contributed by atoms with Gasteiger partial charge in [0.2, 0.25) is 0 Å². The van der Waals surface area contributed by atoms with Gasteiger partial charge in [0.05, 0.1) is 0 Å². The molecule has 0 radical (unpaired) electrons. The van der Waals surface area contributed by atoms with E-state index in [2.05, 4.69) is 0 Å². The van der Waals surface area contributed by atoms with Crippen LogP contribution in [-0.2, 0) is 6.42 Å². The number of hydrogen-bond acceptors (Lipinski definition) is 3. The molecule has 3 heteroatoms. The Labute approximate surface area is 86.3 Å². The van der Waals surface area contributed by atoms with E-state index in [0.29, 0.717) is 5.58 Å². The van der Waals surface area contributed by atoms with Gasteiger partial charge in [0.1, 0.15) is 17.4 Å². The van der Waals surface area contributed by atoms with Crippen molar-refractivity contribution in [2.24, 2.45) is 0 Å². The summed E-state index contributed by atoms with van der Waals surface area (Å²) >= 11 is 0. The molecule has 3 rings (SSSR count). The molecule has 0 aliphatic carbocycles. The van der Waals surface area contributed by atoms with Gasteiger partial charge < -0.3 is 9.15 Å². The Bertz CT molecular complexity index is 583. The number of ether oxygens (including phenoxy) is 1. The van der Waals surface area contributed by atoms with Crippen molar-refractivity contribution >= 4 is 11.0 Å². The first-order valence-corrected chi connectivity index (χ1v) is 4.96. The van der Waals surface area contributed by atoms with E-state index in [0.717, 1.165) is 23.1 Å². The lowest BCUT2D eigenvalue weighted by Gasteiger charge is -2.02. The van der Waals surface area contributed by atoms with Crippen molar-refractivity contribution in [2.45, 2.75) is 19.4 Å². The molecule has 1 aliphatic rings. The molecule has 1 aromatic heterocycles. The second-order valence-corrected chi connectivity index (χ2v) is 3.85. The molecule has 0 saturated carbocycles. The van der Waals surface area contributed by atoms with Crippen molar-refractivity contribution < 1.29 is 9.15 Å². The molecule has 76 valence electrons. The highest BCUT2D eigenvalue weighted by atomic mass is 16.5. The molecular weight excluding hydrogens is 192 g/mol. The summed E-state index contributed by atoms with van der Waals surface area (Å²) in [4.78, 5) is 11.2. The standard InChI is InChI=1S/C12H10O3/c1-7-6-9-10(14-7)4-2-8-3-5-11(13)15-12(8)9/h2-5,7H,6H2,1H3. The minimum Gasteiger partial charge on any atom is -0.490 e. The lowest BCUT2D eigenvalue weighted by molar-refractivity contribution is 0.254. The molecule has 1 atom stereocenters. The Balaban J connectivity index is 2.38. The van der Waals surface area contributed by atoms with Gasteiger partial charge in [0.25, 0.3) is 0 Å². The van der Waals surface area contributed by atoms with E-state index in [4.69, 9.17) is 9.15 Å². The van der Waals surface area contributed by atoms with Crippen molar-refractivity contribution in [1.82, 2.24) is 0 Å². The number of rotatable bonds is 0. The van der Waals surface area contributed by atoms with Crippen molar-refractivity contribution in [1.29, 1.82) is 0 Å². The van der Waals surface area contributed by atoms with E-state index >= 15 is 0 Å². The average molecular weight is 202 g/mol. The van der Waals surface area contributed by atoms with E-state index in [1.54, 1.807) is 6.07 Å².